The van der Waals surface area contributed by atoms with Gasteiger partial charge in [0.15, 0.2) is 11.0 Å². The predicted molar refractivity (Wildman–Crippen MR) is 102 cm³/mol. The number of aryl methyl sites for hydroxylation is 1. The Morgan fingerprint density at radius 3 is 2.77 bits per heavy atom. The Labute approximate surface area is 157 Å². The molecule has 0 aliphatic rings. The van der Waals surface area contributed by atoms with E-state index in [1.807, 2.05) is 48.7 Å². The van der Waals surface area contributed by atoms with E-state index in [9.17, 15) is 4.79 Å². The second-order valence-electron chi connectivity index (χ2n) is 5.96. The average Bonchev–Trinajstić information content (AvgIpc) is 3.30. The molecule has 3 rings (SSSR count). The van der Waals surface area contributed by atoms with E-state index in [-0.39, 0.29) is 17.7 Å². The van der Waals surface area contributed by atoms with Crippen molar-refractivity contribution in [3.05, 3.63) is 54.0 Å². The molecule has 0 radical (unpaired) electrons. The molecule has 1 amide bonds. The molecule has 26 heavy (non-hydrogen) atoms. The number of amides is 1. The van der Waals surface area contributed by atoms with Crippen LogP contribution in [0.15, 0.2) is 52.2 Å². The fraction of sp³-hybridized carbons (Fsp3) is 0.316. The molecule has 0 aliphatic heterocycles. The van der Waals surface area contributed by atoms with Crippen molar-refractivity contribution in [1.82, 2.24) is 20.1 Å². The van der Waals surface area contributed by atoms with Crippen LogP contribution in [0.5, 0.6) is 0 Å². The lowest BCUT2D eigenvalue weighted by Crippen LogP contribution is -2.28. The van der Waals surface area contributed by atoms with Gasteiger partial charge in [0.05, 0.1) is 18.1 Å². The van der Waals surface area contributed by atoms with Crippen molar-refractivity contribution in [2.45, 2.75) is 38.5 Å². The third-order valence-corrected chi connectivity index (χ3v) is 5.07. The highest BCUT2D eigenvalue weighted by Crippen LogP contribution is 2.26. The number of rotatable bonds is 7. The Morgan fingerprint density at radius 2 is 2.08 bits per heavy atom. The monoisotopic (exact) mass is 370 g/mol. The summed E-state index contributed by atoms with van der Waals surface area (Å²) in [7, 11) is 0. The molecule has 1 atom stereocenters. The predicted octanol–water partition coefficient (Wildman–Crippen LogP) is 3.84. The number of nitrogens with zero attached hydrogens (tertiary/aromatic N) is 3. The van der Waals surface area contributed by atoms with Gasteiger partial charge in [-0.2, -0.15) is 0 Å². The van der Waals surface area contributed by atoms with E-state index in [2.05, 4.69) is 28.5 Å². The Hall–Kier alpha value is -2.54. The number of furan rings is 1. The second kappa shape index (κ2) is 8.23. The molecule has 2 heterocycles. The van der Waals surface area contributed by atoms with Crippen molar-refractivity contribution < 1.29 is 9.21 Å². The van der Waals surface area contributed by atoms with Gasteiger partial charge in [-0.1, -0.05) is 36.0 Å². The first kappa shape index (κ1) is 18.3. The largest absolute Gasteiger partial charge is 0.467 e. The maximum Gasteiger partial charge on any atom is 0.231 e. The third kappa shape index (κ3) is 3.99. The van der Waals surface area contributed by atoms with Gasteiger partial charge in [0.25, 0.3) is 0 Å². The molecule has 7 heteroatoms. The van der Waals surface area contributed by atoms with Crippen molar-refractivity contribution in [3.63, 3.8) is 0 Å². The molecule has 0 fully saturated rings. The quantitative estimate of drug-likeness (QED) is 0.640. The minimum absolute atomic E-state index is 0.0676. The van der Waals surface area contributed by atoms with E-state index in [0.717, 1.165) is 34.4 Å². The smallest absolute Gasteiger partial charge is 0.231 e. The minimum Gasteiger partial charge on any atom is -0.467 e. The highest BCUT2D eigenvalue weighted by Gasteiger charge is 2.17. The zero-order valence-electron chi connectivity index (χ0n) is 15.1. The molecule has 6 nitrogen and oxygen atoms in total. The van der Waals surface area contributed by atoms with Crippen molar-refractivity contribution in [1.29, 1.82) is 0 Å². The number of carbonyl (C=O) groups is 1. The Morgan fingerprint density at radius 1 is 1.27 bits per heavy atom. The fourth-order valence-electron chi connectivity index (χ4n) is 2.73. The van der Waals surface area contributed by atoms with Crippen LogP contribution in [0.1, 0.15) is 31.2 Å². The van der Waals surface area contributed by atoms with E-state index in [4.69, 9.17) is 4.42 Å². The summed E-state index contributed by atoms with van der Waals surface area (Å²) in [6.07, 6.45) is 1.60. The van der Waals surface area contributed by atoms with Crippen LogP contribution in [0.25, 0.3) is 11.4 Å². The number of nitrogens with one attached hydrogen (secondary N) is 1. The molecular weight excluding hydrogens is 348 g/mol. The average molecular weight is 370 g/mol. The third-order valence-electron chi connectivity index (χ3n) is 4.10. The SMILES string of the molecule is CCn1c(SCC(=O)N[C@H](C)c2ccco2)nnc1-c1ccccc1C. The Kier molecular flexibility index (Phi) is 5.78. The lowest BCUT2D eigenvalue weighted by Gasteiger charge is -2.12. The highest BCUT2D eigenvalue weighted by molar-refractivity contribution is 7.99. The van der Waals surface area contributed by atoms with Gasteiger partial charge in [-0.25, -0.2) is 0 Å². The molecule has 3 aromatic rings. The lowest BCUT2D eigenvalue weighted by molar-refractivity contribution is -0.119. The number of aromatic nitrogens is 3. The van der Waals surface area contributed by atoms with Crippen LogP contribution in [0.4, 0.5) is 0 Å². The van der Waals surface area contributed by atoms with E-state index in [1.54, 1.807) is 6.26 Å². The van der Waals surface area contributed by atoms with Crippen molar-refractivity contribution in [3.8, 4) is 11.4 Å². The van der Waals surface area contributed by atoms with Crippen molar-refractivity contribution >= 4 is 17.7 Å². The van der Waals surface area contributed by atoms with E-state index in [1.165, 1.54) is 11.8 Å². The summed E-state index contributed by atoms with van der Waals surface area (Å²) in [5.74, 6) is 1.78. The van der Waals surface area contributed by atoms with Crippen molar-refractivity contribution in [2.24, 2.45) is 0 Å². The first-order valence-electron chi connectivity index (χ1n) is 8.55. The molecule has 2 aromatic heterocycles. The number of carbonyl (C=O) groups excluding carboxylic acids is 1. The summed E-state index contributed by atoms with van der Waals surface area (Å²) in [5, 5.41) is 12.3. The maximum atomic E-state index is 12.2. The van der Waals surface area contributed by atoms with Crippen LogP contribution >= 0.6 is 11.8 Å². The lowest BCUT2D eigenvalue weighted by atomic mass is 10.1. The molecule has 0 saturated carbocycles. The van der Waals surface area contributed by atoms with Gasteiger partial charge >= 0.3 is 0 Å². The van der Waals surface area contributed by atoms with E-state index < -0.39 is 0 Å². The Balaban J connectivity index is 1.67. The zero-order valence-corrected chi connectivity index (χ0v) is 15.9. The topological polar surface area (TPSA) is 73.0 Å². The standard InChI is InChI=1S/C19H22N4O2S/c1-4-23-18(15-9-6-5-8-13(15)2)21-22-19(23)26-12-17(24)20-14(3)16-10-7-11-25-16/h5-11,14H,4,12H2,1-3H3,(H,20,24)/t14-/m1/s1. The Bertz CT molecular complexity index is 874. The number of hydrogen-bond acceptors (Lipinski definition) is 5. The first-order valence-corrected chi connectivity index (χ1v) is 9.53. The summed E-state index contributed by atoms with van der Waals surface area (Å²) < 4.78 is 7.35. The van der Waals surface area contributed by atoms with Crippen LogP contribution in [0.2, 0.25) is 0 Å². The summed E-state index contributed by atoms with van der Waals surface area (Å²) in [6, 6.07) is 11.6. The van der Waals surface area contributed by atoms with Gasteiger partial charge in [0, 0.05) is 12.1 Å². The van der Waals surface area contributed by atoms with Gasteiger partial charge in [0.1, 0.15) is 5.76 Å². The molecular formula is C19H22N4O2S. The molecule has 0 aliphatic carbocycles. The molecule has 0 saturated heterocycles. The fourth-order valence-corrected chi connectivity index (χ4v) is 3.54. The van der Waals surface area contributed by atoms with Gasteiger partial charge in [-0.3, -0.25) is 4.79 Å². The molecule has 136 valence electrons. The number of hydrogen-bond donors (Lipinski definition) is 1. The molecule has 1 aromatic carbocycles. The summed E-state index contributed by atoms with van der Waals surface area (Å²) >= 11 is 1.39. The second-order valence-corrected chi connectivity index (χ2v) is 6.90. The molecule has 0 unspecified atom stereocenters. The van der Waals surface area contributed by atoms with Crippen LogP contribution in [0, 0.1) is 6.92 Å². The van der Waals surface area contributed by atoms with Gasteiger partial charge < -0.3 is 14.3 Å². The van der Waals surface area contributed by atoms with E-state index in [0.29, 0.717) is 0 Å². The van der Waals surface area contributed by atoms with Crippen LogP contribution in [0.3, 0.4) is 0 Å². The summed E-state index contributed by atoms with van der Waals surface area (Å²) in [4.78, 5) is 12.2. The van der Waals surface area contributed by atoms with Gasteiger partial charge in [0.2, 0.25) is 5.91 Å². The highest BCUT2D eigenvalue weighted by atomic mass is 32.2. The van der Waals surface area contributed by atoms with Gasteiger partial charge in [-0.15, -0.1) is 10.2 Å². The first-order chi connectivity index (χ1) is 12.6. The minimum atomic E-state index is -0.162. The zero-order chi connectivity index (χ0) is 18.5. The number of thioether (sulfide) groups is 1. The van der Waals surface area contributed by atoms with Crippen LogP contribution in [-0.2, 0) is 11.3 Å². The van der Waals surface area contributed by atoms with Crippen LogP contribution in [-0.4, -0.2) is 26.4 Å². The van der Waals surface area contributed by atoms with Crippen LogP contribution < -0.4 is 5.32 Å². The summed E-state index contributed by atoms with van der Waals surface area (Å²) in [6.45, 7) is 6.74. The number of benzene rings is 1. The molecule has 1 N–H and O–H groups in total. The molecule has 0 bridgehead atoms. The van der Waals surface area contributed by atoms with E-state index >= 15 is 0 Å². The maximum absolute atomic E-state index is 12.2. The summed E-state index contributed by atoms with van der Waals surface area (Å²) in [5.41, 5.74) is 2.21. The molecule has 0 spiro atoms. The van der Waals surface area contributed by atoms with Gasteiger partial charge in [-0.05, 0) is 38.5 Å². The van der Waals surface area contributed by atoms with Crippen molar-refractivity contribution in [2.75, 3.05) is 5.75 Å². The normalized spacial score (nSPS) is 12.1.